The van der Waals surface area contributed by atoms with Gasteiger partial charge in [-0.1, -0.05) is 23.2 Å². The second kappa shape index (κ2) is 4.86. The van der Waals surface area contributed by atoms with Gasteiger partial charge in [0, 0.05) is 0 Å². The number of nitro groups is 1. The van der Waals surface area contributed by atoms with Crippen LogP contribution in [0.5, 0.6) is 0 Å². The highest BCUT2D eigenvalue weighted by Gasteiger charge is 2.28. The van der Waals surface area contributed by atoms with Crippen LogP contribution in [0, 0.1) is 10.1 Å². The molecule has 0 aliphatic carbocycles. The van der Waals surface area contributed by atoms with Crippen molar-refractivity contribution in [1.82, 2.24) is 5.32 Å². The van der Waals surface area contributed by atoms with Crippen LogP contribution in [0.25, 0.3) is 0 Å². The summed E-state index contributed by atoms with van der Waals surface area (Å²) in [5.74, 6) is 0.0394. The minimum Gasteiger partial charge on any atom is -0.472 e. The smallest absolute Gasteiger partial charge is 0.348 e. The molecular weight excluding hydrogens is 299 g/mol. The van der Waals surface area contributed by atoms with E-state index < -0.39 is 4.92 Å². The highest BCUT2D eigenvalue weighted by Crippen LogP contribution is 2.29. The van der Waals surface area contributed by atoms with Gasteiger partial charge < -0.3 is 10.1 Å². The van der Waals surface area contributed by atoms with Crippen LogP contribution in [0.3, 0.4) is 0 Å². The van der Waals surface area contributed by atoms with Crippen molar-refractivity contribution in [3.8, 4) is 0 Å². The lowest BCUT2D eigenvalue weighted by Gasteiger charge is -2.01. The van der Waals surface area contributed by atoms with Crippen LogP contribution in [0.4, 0.5) is 0 Å². The van der Waals surface area contributed by atoms with Crippen molar-refractivity contribution < 1.29 is 9.66 Å². The molecule has 78 valence electrons. The molecule has 1 aliphatic heterocycles. The molecule has 1 heterocycles. The maximum atomic E-state index is 10.7. The molecule has 0 amide bonds. The highest BCUT2D eigenvalue weighted by molar-refractivity contribution is 9.12. The van der Waals surface area contributed by atoms with E-state index in [1.54, 1.807) is 0 Å². The molecule has 1 fully saturated rings. The molecule has 0 spiro atoms. The Kier molecular flexibility index (Phi) is 4.03. The zero-order valence-corrected chi connectivity index (χ0v) is 9.82. The average Bonchev–Trinajstić information content (AvgIpc) is 2.56. The summed E-state index contributed by atoms with van der Waals surface area (Å²) in [5.41, 5.74) is -0.369. The van der Waals surface area contributed by atoms with E-state index in [-0.39, 0.29) is 20.6 Å². The summed E-state index contributed by atoms with van der Waals surface area (Å²) in [6.07, 6.45) is 0. The SMILES string of the molecule is O=[N+]([O-])C(/C(Cl)=C(\Cl)Br)=C1\NCCO1. The Bertz CT molecular complexity index is 317. The van der Waals surface area contributed by atoms with Crippen LogP contribution >= 0.6 is 39.1 Å². The molecule has 5 nitrogen and oxygen atoms in total. The standard InChI is InChI=1S/C6H5BrCl2N2O3/c7-5(9)3(8)4(11(12)13)6-10-1-2-14-6/h10H,1-2H2/b5-3+,6-4+. The van der Waals surface area contributed by atoms with Crippen molar-refractivity contribution in [2.45, 2.75) is 0 Å². The van der Waals surface area contributed by atoms with Crippen LogP contribution in [-0.4, -0.2) is 18.1 Å². The van der Waals surface area contributed by atoms with Crippen LogP contribution < -0.4 is 5.32 Å². The lowest BCUT2D eigenvalue weighted by atomic mass is 10.4. The van der Waals surface area contributed by atoms with E-state index in [0.717, 1.165) is 0 Å². The first-order valence-electron chi connectivity index (χ1n) is 3.50. The van der Waals surface area contributed by atoms with Gasteiger partial charge in [-0.05, 0) is 15.9 Å². The molecule has 8 heteroatoms. The van der Waals surface area contributed by atoms with E-state index in [1.165, 1.54) is 0 Å². The molecule has 1 N–H and O–H groups in total. The van der Waals surface area contributed by atoms with Crippen molar-refractivity contribution >= 4 is 39.1 Å². The van der Waals surface area contributed by atoms with Gasteiger partial charge in [0.25, 0.3) is 5.88 Å². The minimum atomic E-state index is -0.653. The second-order valence-electron chi connectivity index (χ2n) is 2.28. The summed E-state index contributed by atoms with van der Waals surface area (Å²) in [6, 6.07) is 0. The normalized spacial score (nSPS) is 20.8. The first-order valence-corrected chi connectivity index (χ1v) is 5.05. The number of rotatable bonds is 2. The highest BCUT2D eigenvalue weighted by atomic mass is 79.9. The molecule has 0 bridgehead atoms. The summed E-state index contributed by atoms with van der Waals surface area (Å²) in [7, 11) is 0. The number of hydrogen-bond donors (Lipinski definition) is 1. The third-order valence-corrected chi connectivity index (χ3v) is 2.68. The van der Waals surface area contributed by atoms with Crippen LogP contribution in [0.1, 0.15) is 0 Å². The first-order chi connectivity index (χ1) is 6.54. The van der Waals surface area contributed by atoms with E-state index in [0.29, 0.717) is 13.2 Å². The zero-order chi connectivity index (χ0) is 10.7. The van der Waals surface area contributed by atoms with Gasteiger partial charge in [-0.15, -0.1) is 0 Å². The fourth-order valence-corrected chi connectivity index (χ4v) is 1.31. The van der Waals surface area contributed by atoms with Gasteiger partial charge in [0.2, 0.25) is 0 Å². The summed E-state index contributed by atoms with van der Waals surface area (Å²) >= 11 is 14.0. The second-order valence-corrected chi connectivity index (χ2v) is 4.29. The fraction of sp³-hybridized carbons (Fsp3) is 0.333. The van der Waals surface area contributed by atoms with E-state index >= 15 is 0 Å². The Morgan fingerprint density at radius 2 is 2.29 bits per heavy atom. The molecule has 0 unspecified atom stereocenters. The number of hydrogen-bond acceptors (Lipinski definition) is 4. The third kappa shape index (κ3) is 2.52. The van der Waals surface area contributed by atoms with Gasteiger partial charge in [-0.25, -0.2) is 0 Å². The van der Waals surface area contributed by atoms with Crippen LogP contribution in [-0.2, 0) is 4.74 Å². The molecule has 0 aromatic rings. The Balaban J connectivity index is 3.13. The molecule has 0 aromatic carbocycles. The van der Waals surface area contributed by atoms with Crippen LogP contribution in [0.15, 0.2) is 20.6 Å². The molecular formula is C6H5BrCl2N2O3. The largest absolute Gasteiger partial charge is 0.472 e. The summed E-state index contributed by atoms with van der Waals surface area (Å²) < 4.78 is 4.94. The monoisotopic (exact) mass is 302 g/mol. The molecule has 0 saturated carbocycles. The average molecular weight is 304 g/mol. The zero-order valence-electron chi connectivity index (χ0n) is 6.72. The van der Waals surface area contributed by atoms with Gasteiger partial charge in [-0.2, -0.15) is 0 Å². The molecule has 1 saturated heterocycles. The van der Waals surface area contributed by atoms with Crippen molar-refractivity contribution in [1.29, 1.82) is 0 Å². The Hall–Kier alpha value is -0.460. The van der Waals surface area contributed by atoms with Gasteiger partial charge in [0.1, 0.15) is 15.6 Å². The summed E-state index contributed by atoms with van der Waals surface area (Å²) in [5, 5.41) is 13.2. The first kappa shape index (κ1) is 11.6. The number of halogens is 3. The van der Waals surface area contributed by atoms with E-state index in [4.69, 9.17) is 27.9 Å². The van der Waals surface area contributed by atoms with Gasteiger partial charge in [0.15, 0.2) is 0 Å². The van der Waals surface area contributed by atoms with Crippen molar-refractivity contribution in [2.75, 3.05) is 13.2 Å². The van der Waals surface area contributed by atoms with Crippen LogP contribution in [0.2, 0.25) is 0 Å². The maximum absolute atomic E-state index is 10.7. The molecule has 14 heavy (non-hydrogen) atoms. The maximum Gasteiger partial charge on any atom is 0.348 e. The Labute approximate surface area is 98.0 Å². The van der Waals surface area contributed by atoms with E-state index in [1.807, 2.05) is 0 Å². The molecule has 1 rings (SSSR count). The molecule has 1 aliphatic rings. The summed E-state index contributed by atoms with van der Waals surface area (Å²) in [4.78, 5) is 10.0. The predicted octanol–water partition coefficient (Wildman–Crippen LogP) is 2.09. The summed E-state index contributed by atoms with van der Waals surface area (Å²) in [6.45, 7) is 0.882. The van der Waals surface area contributed by atoms with Gasteiger partial charge >= 0.3 is 5.70 Å². The van der Waals surface area contributed by atoms with Crippen molar-refractivity contribution in [3.63, 3.8) is 0 Å². The number of ether oxygens (including phenoxy) is 1. The van der Waals surface area contributed by atoms with Gasteiger partial charge in [-0.3, -0.25) is 10.1 Å². The molecule has 0 atom stereocenters. The topological polar surface area (TPSA) is 64.4 Å². The minimum absolute atomic E-state index is 0.0318. The quantitative estimate of drug-likeness (QED) is 0.627. The molecule has 0 aromatic heterocycles. The van der Waals surface area contributed by atoms with Gasteiger partial charge in [0.05, 0.1) is 11.5 Å². The molecule has 0 radical (unpaired) electrons. The van der Waals surface area contributed by atoms with Crippen molar-refractivity contribution in [2.24, 2.45) is 0 Å². The van der Waals surface area contributed by atoms with E-state index in [2.05, 4.69) is 21.2 Å². The fourth-order valence-electron chi connectivity index (χ4n) is 0.873. The number of nitrogens with one attached hydrogen (secondary N) is 1. The lowest BCUT2D eigenvalue weighted by molar-refractivity contribution is -0.423. The number of nitrogens with zero attached hydrogens (tertiary/aromatic N) is 1. The lowest BCUT2D eigenvalue weighted by Crippen LogP contribution is -2.13. The van der Waals surface area contributed by atoms with Crippen molar-refractivity contribution in [3.05, 3.63) is 30.7 Å². The predicted molar refractivity (Wildman–Crippen MR) is 55.6 cm³/mol. The van der Waals surface area contributed by atoms with E-state index in [9.17, 15) is 10.1 Å². The number of allylic oxidation sites excluding steroid dienone is 1. The Morgan fingerprint density at radius 1 is 1.64 bits per heavy atom. The third-order valence-electron chi connectivity index (χ3n) is 1.41. The Morgan fingerprint density at radius 3 is 2.64 bits per heavy atom.